The van der Waals surface area contributed by atoms with Gasteiger partial charge in [-0.3, -0.25) is 0 Å². The topological polar surface area (TPSA) is 20.2 Å². The Labute approximate surface area is 165 Å². The molecule has 1 aliphatic carbocycles. The van der Waals surface area contributed by atoms with E-state index in [1.165, 1.54) is 56.1 Å². The molecule has 2 aromatic carbocycles. The van der Waals surface area contributed by atoms with Crippen molar-refractivity contribution in [1.29, 1.82) is 0 Å². The first-order chi connectivity index (χ1) is 13.3. The van der Waals surface area contributed by atoms with Gasteiger partial charge in [0, 0.05) is 11.8 Å². The Balaban J connectivity index is 1.67. The smallest absolute Gasteiger partial charge is 0.0677 e. The zero-order valence-electron chi connectivity index (χ0n) is 16.9. The summed E-state index contributed by atoms with van der Waals surface area (Å²) in [5.41, 5.74) is 2.61. The average molecular weight is 365 g/mol. The molecule has 146 valence electrons. The summed E-state index contributed by atoms with van der Waals surface area (Å²) in [6.45, 7) is 2.28. The maximum absolute atomic E-state index is 11.2. The first kappa shape index (κ1) is 20.1. The Morgan fingerprint density at radius 3 is 1.70 bits per heavy atom. The van der Waals surface area contributed by atoms with Crippen LogP contribution in [-0.4, -0.2) is 11.2 Å². The molecule has 1 fully saturated rings. The largest absolute Gasteiger partial charge is 0.392 e. The van der Waals surface area contributed by atoms with Crippen molar-refractivity contribution in [3.8, 4) is 0 Å². The molecular weight excluding hydrogens is 328 g/mol. The molecule has 0 bridgehead atoms. The van der Waals surface area contributed by atoms with Gasteiger partial charge in [0.05, 0.1) is 6.10 Å². The normalized spacial score (nSPS) is 25.4. The monoisotopic (exact) mass is 364 g/mol. The highest BCUT2D eigenvalue weighted by molar-refractivity contribution is 5.28. The van der Waals surface area contributed by atoms with Gasteiger partial charge in [0.25, 0.3) is 0 Å². The van der Waals surface area contributed by atoms with Gasteiger partial charge in [-0.25, -0.2) is 0 Å². The summed E-state index contributed by atoms with van der Waals surface area (Å²) in [4.78, 5) is 0. The summed E-state index contributed by atoms with van der Waals surface area (Å²) in [5, 5.41) is 11.2. The van der Waals surface area contributed by atoms with Gasteiger partial charge in [-0.2, -0.15) is 0 Å². The van der Waals surface area contributed by atoms with Gasteiger partial charge in [0.15, 0.2) is 0 Å². The van der Waals surface area contributed by atoms with Crippen LogP contribution < -0.4 is 0 Å². The predicted octanol–water partition coefficient (Wildman–Crippen LogP) is 7.08. The molecule has 1 saturated carbocycles. The summed E-state index contributed by atoms with van der Waals surface area (Å²) in [6, 6.07) is 21.4. The van der Waals surface area contributed by atoms with E-state index in [2.05, 4.69) is 67.6 Å². The van der Waals surface area contributed by atoms with Crippen LogP contribution in [0.2, 0.25) is 0 Å². The predicted molar refractivity (Wildman–Crippen MR) is 115 cm³/mol. The molecule has 0 aromatic heterocycles. The number of benzene rings is 2. The first-order valence-electron chi connectivity index (χ1n) is 11.1. The Kier molecular flexibility index (Phi) is 7.95. The zero-order chi connectivity index (χ0) is 18.9. The van der Waals surface area contributed by atoms with Gasteiger partial charge in [-0.05, 0) is 29.9 Å². The van der Waals surface area contributed by atoms with E-state index in [4.69, 9.17) is 0 Å². The molecule has 0 radical (unpaired) electrons. The summed E-state index contributed by atoms with van der Waals surface area (Å²) in [5.74, 6) is 1.24. The second kappa shape index (κ2) is 10.7. The fraction of sp³-hybridized carbons (Fsp3) is 0.538. The molecule has 2 atom stereocenters. The van der Waals surface area contributed by atoms with Gasteiger partial charge in [-0.15, -0.1) is 0 Å². The van der Waals surface area contributed by atoms with Crippen LogP contribution in [0.25, 0.3) is 0 Å². The number of rotatable bonds is 9. The Hall–Kier alpha value is -1.60. The maximum atomic E-state index is 11.2. The Bertz CT molecular complexity index is 586. The van der Waals surface area contributed by atoms with Crippen LogP contribution in [0, 0.1) is 5.92 Å². The molecule has 1 N–H and O–H groups in total. The summed E-state index contributed by atoms with van der Waals surface area (Å²) < 4.78 is 0. The highest BCUT2D eigenvalue weighted by Gasteiger charge is 2.37. The van der Waals surface area contributed by atoms with Gasteiger partial charge in [0.2, 0.25) is 0 Å². The lowest BCUT2D eigenvalue weighted by molar-refractivity contribution is 0.0587. The minimum absolute atomic E-state index is 0.259. The van der Waals surface area contributed by atoms with Crippen LogP contribution in [0.15, 0.2) is 60.7 Å². The number of hydrogen-bond donors (Lipinski definition) is 1. The van der Waals surface area contributed by atoms with Crippen molar-refractivity contribution >= 4 is 0 Å². The van der Waals surface area contributed by atoms with Crippen LogP contribution in [0.5, 0.6) is 0 Å². The third kappa shape index (κ3) is 5.69. The molecule has 0 spiro atoms. The SMILES string of the molecule is CCCCCCCCC1CC(c2ccccc2)C(O)C(c2ccccc2)C1. The minimum atomic E-state index is -0.282. The molecule has 0 saturated heterocycles. The highest BCUT2D eigenvalue weighted by atomic mass is 16.3. The van der Waals surface area contributed by atoms with E-state index < -0.39 is 0 Å². The number of aliphatic hydroxyl groups is 1. The van der Waals surface area contributed by atoms with E-state index in [0.29, 0.717) is 0 Å². The van der Waals surface area contributed by atoms with Crippen LogP contribution in [-0.2, 0) is 0 Å². The van der Waals surface area contributed by atoms with Crippen molar-refractivity contribution in [2.24, 2.45) is 5.92 Å². The third-order valence-corrected chi connectivity index (χ3v) is 6.42. The number of aliphatic hydroxyl groups excluding tert-OH is 1. The fourth-order valence-electron chi connectivity index (χ4n) is 4.89. The molecule has 27 heavy (non-hydrogen) atoms. The van der Waals surface area contributed by atoms with Crippen molar-refractivity contribution in [3.63, 3.8) is 0 Å². The molecule has 2 unspecified atom stereocenters. The van der Waals surface area contributed by atoms with E-state index in [1.54, 1.807) is 0 Å². The van der Waals surface area contributed by atoms with Gasteiger partial charge >= 0.3 is 0 Å². The second-order valence-corrected chi connectivity index (χ2v) is 8.42. The summed E-state index contributed by atoms with van der Waals surface area (Å²) in [6.07, 6.45) is 11.5. The van der Waals surface area contributed by atoms with E-state index >= 15 is 0 Å². The van der Waals surface area contributed by atoms with Crippen LogP contribution in [0.1, 0.15) is 87.7 Å². The molecule has 3 rings (SSSR count). The third-order valence-electron chi connectivity index (χ3n) is 6.42. The van der Waals surface area contributed by atoms with Gasteiger partial charge in [-0.1, -0.05) is 113 Å². The Morgan fingerprint density at radius 2 is 1.19 bits per heavy atom. The van der Waals surface area contributed by atoms with Crippen molar-refractivity contribution in [2.45, 2.75) is 82.7 Å². The molecular formula is C26H36O. The molecule has 2 aromatic rings. The average Bonchev–Trinajstić information content (AvgIpc) is 2.73. The van der Waals surface area contributed by atoms with E-state index in [-0.39, 0.29) is 17.9 Å². The van der Waals surface area contributed by atoms with Crippen molar-refractivity contribution in [3.05, 3.63) is 71.8 Å². The lowest BCUT2D eigenvalue weighted by Crippen LogP contribution is -2.34. The molecule has 1 nitrogen and oxygen atoms in total. The van der Waals surface area contributed by atoms with E-state index in [1.807, 2.05) is 0 Å². The summed E-state index contributed by atoms with van der Waals surface area (Å²) in [7, 11) is 0. The van der Waals surface area contributed by atoms with Gasteiger partial charge in [0.1, 0.15) is 0 Å². The lowest BCUT2D eigenvalue weighted by Gasteiger charge is -2.40. The molecule has 0 amide bonds. The lowest BCUT2D eigenvalue weighted by atomic mass is 9.67. The zero-order valence-corrected chi connectivity index (χ0v) is 16.9. The molecule has 1 aliphatic rings. The quantitative estimate of drug-likeness (QED) is 0.471. The minimum Gasteiger partial charge on any atom is -0.392 e. The van der Waals surface area contributed by atoms with Gasteiger partial charge < -0.3 is 5.11 Å². The first-order valence-corrected chi connectivity index (χ1v) is 11.1. The van der Waals surface area contributed by atoms with E-state index in [0.717, 1.165) is 18.8 Å². The standard InChI is InChI=1S/C26H36O/c1-2-3-4-5-6-9-14-21-19-24(22-15-10-7-11-16-22)26(27)25(20-21)23-17-12-8-13-18-23/h7-8,10-13,15-18,21,24-27H,2-6,9,14,19-20H2,1H3. The van der Waals surface area contributed by atoms with Crippen LogP contribution in [0.4, 0.5) is 0 Å². The van der Waals surface area contributed by atoms with E-state index in [9.17, 15) is 5.11 Å². The summed E-state index contributed by atoms with van der Waals surface area (Å²) >= 11 is 0. The van der Waals surface area contributed by atoms with Crippen LogP contribution >= 0.6 is 0 Å². The number of unbranched alkanes of at least 4 members (excludes halogenated alkanes) is 5. The van der Waals surface area contributed by atoms with Crippen molar-refractivity contribution < 1.29 is 5.11 Å². The van der Waals surface area contributed by atoms with Crippen LogP contribution in [0.3, 0.4) is 0 Å². The molecule has 0 aliphatic heterocycles. The molecule has 1 heteroatoms. The van der Waals surface area contributed by atoms with Crippen molar-refractivity contribution in [1.82, 2.24) is 0 Å². The fourth-order valence-corrected chi connectivity index (χ4v) is 4.89. The maximum Gasteiger partial charge on any atom is 0.0677 e. The van der Waals surface area contributed by atoms with Crippen molar-refractivity contribution in [2.75, 3.05) is 0 Å². The Morgan fingerprint density at radius 1 is 0.704 bits per heavy atom. The highest BCUT2D eigenvalue weighted by Crippen LogP contribution is 2.45. The molecule has 0 heterocycles. The number of hydrogen-bond acceptors (Lipinski definition) is 1. The second-order valence-electron chi connectivity index (χ2n) is 8.42.